The Bertz CT molecular complexity index is 975. The molecule has 1 aliphatic carbocycles. The molecule has 2 saturated heterocycles. The lowest BCUT2D eigenvalue weighted by Gasteiger charge is -2.43. The molecule has 1 saturated carbocycles. The Kier molecular flexibility index (Phi) is 8.58. The largest absolute Gasteiger partial charge is 0.338 e. The van der Waals surface area contributed by atoms with E-state index in [2.05, 4.69) is 31.0 Å². The number of carbonyl (C=O) groups is 2. The first-order valence-corrected chi connectivity index (χ1v) is 14.0. The summed E-state index contributed by atoms with van der Waals surface area (Å²) in [5.41, 5.74) is 0.222. The van der Waals surface area contributed by atoms with E-state index in [0.29, 0.717) is 44.2 Å². The van der Waals surface area contributed by atoms with Crippen LogP contribution in [0.3, 0.4) is 0 Å². The predicted octanol–water partition coefficient (Wildman–Crippen LogP) is 4.01. The van der Waals surface area contributed by atoms with E-state index in [1.807, 2.05) is 23.8 Å². The number of carbonyl (C=O) groups excluding carboxylic acids is 2. The summed E-state index contributed by atoms with van der Waals surface area (Å²) in [6, 6.07) is 3.38. The maximum atomic E-state index is 14.9. The van der Waals surface area contributed by atoms with Gasteiger partial charge in [-0.15, -0.1) is 0 Å². The van der Waals surface area contributed by atoms with Gasteiger partial charge in [-0.3, -0.25) is 14.5 Å². The monoisotopic (exact) mass is 518 g/mol. The summed E-state index contributed by atoms with van der Waals surface area (Å²) in [5.74, 6) is -1.47. The van der Waals surface area contributed by atoms with Crippen molar-refractivity contribution in [1.82, 2.24) is 20.0 Å². The lowest BCUT2D eigenvalue weighted by Crippen LogP contribution is -2.60. The number of likely N-dealkylation sites (N-methyl/N-ethyl adjacent to an activating group) is 1. The van der Waals surface area contributed by atoms with Gasteiger partial charge < -0.3 is 15.1 Å². The molecule has 6 nitrogen and oxygen atoms in total. The highest BCUT2D eigenvalue weighted by Gasteiger charge is 2.46. The van der Waals surface area contributed by atoms with E-state index in [9.17, 15) is 18.4 Å². The molecule has 8 heteroatoms. The molecule has 3 aliphatic rings. The molecule has 1 aromatic rings. The zero-order valence-electron chi connectivity index (χ0n) is 23.1. The number of hydrogen-bond acceptors (Lipinski definition) is 4. The summed E-state index contributed by atoms with van der Waals surface area (Å²) >= 11 is 0. The van der Waals surface area contributed by atoms with Crippen LogP contribution in [0.4, 0.5) is 8.78 Å². The van der Waals surface area contributed by atoms with E-state index < -0.39 is 17.6 Å². The summed E-state index contributed by atoms with van der Waals surface area (Å²) in [4.78, 5) is 33.4. The topological polar surface area (TPSA) is 55.9 Å². The third-order valence-corrected chi connectivity index (χ3v) is 8.87. The fraction of sp³-hybridized carbons (Fsp3) is 0.724. The summed E-state index contributed by atoms with van der Waals surface area (Å²) < 4.78 is 28.5. The number of benzene rings is 1. The van der Waals surface area contributed by atoms with Gasteiger partial charge in [0.1, 0.15) is 11.6 Å². The van der Waals surface area contributed by atoms with Crippen LogP contribution in [0.1, 0.15) is 71.3 Å². The zero-order chi connectivity index (χ0) is 26.9. The van der Waals surface area contributed by atoms with Crippen molar-refractivity contribution in [2.24, 2.45) is 11.8 Å². The second-order valence-corrected chi connectivity index (χ2v) is 12.3. The number of halogens is 2. The first-order chi connectivity index (χ1) is 17.5. The smallest absolute Gasteiger partial charge is 0.240 e. The summed E-state index contributed by atoms with van der Waals surface area (Å²) in [7, 11) is 1.87. The van der Waals surface area contributed by atoms with Crippen LogP contribution >= 0.6 is 0 Å². The predicted molar refractivity (Wildman–Crippen MR) is 141 cm³/mol. The number of likely N-dealkylation sites (tertiary alicyclic amines) is 1. The first kappa shape index (κ1) is 28.0. The molecule has 2 aliphatic heterocycles. The normalized spacial score (nSPS) is 26.9. The molecule has 37 heavy (non-hydrogen) atoms. The number of rotatable bonds is 5. The fourth-order valence-electron chi connectivity index (χ4n) is 6.64. The molecule has 2 amide bonds. The molecule has 0 aromatic heterocycles. The van der Waals surface area contributed by atoms with Crippen LogP contribution in [0, 0.1) is 23.5 Å². The molecular weight excluding hydrogens is 474 g/mol. The zero-order valence-corrected chi connectivity index (χ0v) is 23.1. The van der Waals surface area contributed by atoms with Crippen molar-refractivity contribution in [3.63, 3.8) is 0 Å². The third-order valence-electron chi connectivity index (χ3n) is 8.87. The first-order valence-electron chi connectivity index (χ1n) is 14.0. The molecule has 3 fully saturated rings. The van der Waals surface area contributed by atoms with E-state index >= 15 is 0 Å². The van der Waals surface area contributed by atoms with Crippen molar-refractivity contribution < 1.29 is 18.4 Å². The minimum Gasteiger partial charge on any atom is -0.338 e. The maximum absolute atomic E-state index is 14.9. The lowest BCUT2D eigenvalue weighted by molar-refractivity contribution is -0.147. The summed E-state index contributed by atoms with van der Waals surface area (Å²) in [6.45, 7) is 10.8. The van der Waals surface area contributed by atoms with Gasteiger partial charge in [-0.2, -0.15) is 0 Å². The Morgan fingerprint density at radius 3 is 2.32 bits per heavy atom. The van der Waals surface area contributed by atoms with Crippen molar-refractivity contribution in [2.75, 3.05) is 39.8 Å². The molecule has 0 spiro atoms. The SMILES string of the molecule is CNC(C(=O)N1CCN(C(=O)[C@@H]2CN(C(C)(C)C)C[C@H]2c2ccc(F)cc2F)[C@@H](C)C1)C1CCCCC1. The van der Waals surface area contributed by atoms with Gasteiger partial charge in [-0.05, 0) is 65.1 Å². The van der Waals surface area contributed by atoms with E-state index in [1.54, 1.807) is 0 Å². The molecule has 206 valence electrons. The molecule has 1 N–H and O–H groups in total. The number of amides is 2. The summed E-state index contributed by atoms with van der Waals surface area (Å²) in [6.07, 6.45) is 5.77. The van der Waals surface area contributed by atoms with Crippen molar-refractivity contribution in [1.29, 1.82) is 0 Å². The Balaban J connectivity index is 1.48. The van der Waals surface area contributed by atoms with Crippen LogP contribution in [-0.4, -0.2) is 83.9 Å². The third kappa shape index (κ3) is 6.00. The Morgan fingerprint density at radius 2 is 1.73 bits per heavy atom. The molecule has 4 atom stereocenters. The van der Waals surface area contributed by atoms with E-state index in [-0.39, 0.29) is 35.4 Å². The maximum Gasteiger partial charge on any atom is 0.240 e. The van der Waals surface area contributed by atoms with Crippen LogP contribution in [0.15, 0.2) is 18.2 Å². The van der Waals surface area contributed by atoms with Crippen molar-refractivity contribution >= 4 is 11.8 Å². The molecule has 1 unspecified atom stereocenters. The Hall–Kier alpha value is -2.06. The van der Waals surface area contributed by atoms with Crippen LogP contribution in [0.25, 0.3) is 0 Å². The van der Waals surface area contributed by atoms with Crippen LogP contribution in [0.2, 0.25) is 0 Å². The van der Waals surface area contributed by atoms with E-state index in [1.165, 1.54) is 31.4 Å². The molecular formula is C29H44F2N4O2. The molecule has 4 rings (SSSR count). The number of piperazine rings is 1. The van der Waals surface area contributed by atoms with Crippen molar-refractivity contribution in [2.45, 2.75) is 83.3 Å². The van der Waals surface area contributed by atoms with Gasteiger partial charge in [0.05, 0.1) is 12.0 Å². The molecule has 0 bridgehead atoms. The molecule has 1 aromatic carbocycles. The minimum atomic E-state index is -0.614. The summed E-state index contributed by atoms with van der Waals surface area (Å²) in [5, 5.41) is 3.28. The Morgan fingerprint density at radius 1 is 1.03 bits per heavy atom. The number of nitrogens with zero attached hydrogens (tertiary/aromatic N) is 3. The number of nitrogens with one attached hydrogen (secondary N) is 1. The van der Waals surface area contributed by atoms with Crippen LogP contribution in [0.5, 0.6) is 0 Å². The molecule has 0 radical (unpaired) electrons. The standard InChI is InChI=1S/C29H44F2N4O2/c1-19-16-33(28(37)26(32-5)20-9-7-6-8-10-20)13-14-35(19)27(36)24-18-34(29(2,3)4)17-23(24)22-12-11-21(30)15-25(22)31/h11-12,15,19-20,23-24,26,32H,6-10,13-14,16-18H2,1-5H3/t19-,23-,24+,26?/m0/s1. The second kappa shape index (κ2) is 11.4. The number of hydrogen-bond donors (Lipinski definition) is 1. The van der Waals surface area contributed by atoms with Gasteiger partial charge in [0.25, 0.3) is 0 Å². The van der Waals surface area contributed by atoms with Gasteiger partial charge in [0.15, 0.2) is 0 Å². The average molecular weight is 519 g/mol. The highest BCUT2D eigenvalue weighted by atomic mass is 19.1. The average Bonchev–Trinajstić information content (AvgIpc) is 3.30. The fourth-order valence-corrected chi connectivity index (χ4v) is 6.64. The van der Waals surface area contributed by atoms with Gasteiger partial charge in [-0.1, -0.05) is 25.3 Å². The van der Waals surface area contributed by atoms with Gasteiger partial charge in [0.2, 0.25) is 11.8 Å². The Labute approximate surface area is 220 Å². The highest BCUT2D eigenvalue weighted by molar-refractivity contribution is 5.84. The minimum absolute atomic E-state index is 0.00230. The highest BCUT2D eigenvalue weighted by Crippen LogP contribution is 2.39. The van der Waals surface area contributed by atoms with Crippen LogP contribution in [-0.2, 0) is 9.59 Å². The van der Waals surface area contributed by atoms with E-state index in [0.717, 1.165) is 18.9 Å². The second-order valence-electron chi connectivity index (χ2n) is 12.3. The van der Waals surface area contributed by atoms with Crippen molar-refractivity contribution in [3.8, 4) is 0 Å². The van der Waals surface area contributed by atoms with Gasteiger partial charge >= 0.3 is 0 Å². The van der Waals surface area contributed by atoms with E-state index in [4.69, 9.17) is 0 Å². The van der Waals surface area contributed by atoms with Crippen LogP contribution < -0.4 is 5.32 Å². The van der Waals surface area contributed by atoms with Gasteiger partial charge in [-0.25, -0.2) is 8.78 Å². The molecule has 2 heterocycles. The van der Waals surface area contributed by atoms with Gasteiger partial charge in [0, 0.05) is 56.3 Å². The lowest BCUT2D eigenvalue weighted by atomic mass is 9.83. The quantitative estimate of drug-likeness (QED) is 0.640. The van der Waals surface area contributed by atoms with Crippen molar-refractivity contribution in [3.05, 3.63) is 35.4 Å².